The van der Waals surface area contributed by atoms with Crippen molar-refractivity contribution in [2.75, 3.05) is 0 Å². The molecule has 0 fully saturated rings. The summed E-state index contributed by atoms with van der Waals surface area (Å²) in [6.07, 6.45) is 2.94. The molecule has 0 radical (unpaired) electrons. The van der Waals surface area contributed by atoms with E-state index in [1.807, 2.05) is 20.8 Å². The fourth-order valence-corrected chi connectivity index (χ4v) is 3.05. The summed E-state index contributed by atoms with van der Waals surface area (Å²) >= 11 is 0. The molecule has 0 heterocycles. The second-order valence-corrected chi connectivity index (χ2v) is 8.26. The number of nitrogens with zero attached hydrogens (tertiary/aromatic N) is 1. The van der Waals surface area contributed by atoms with Gasteiger partial charge in [0.05, 0.1) is 0 Å². The first kappa shape index (κ1) is 19.0. The van der Waals surface area contributed by atoms with Crippen LogP contribution in [0.2, 0.25) is 0 Å². The maximum Gasteiger partial charge on any atom is 0.339 e. The minimum absolute atomic E-state index is 0.117. The van der Waals surface area contributed by atoms with Gasteiger partial charge < -0.3 is 9.39 Å². The molecule has 0 saturated carbocycles. The first-order valence-corrected chi connectivity index (χ1v) is 9.47. The normalized spacial score (nSPS) is 12.8. The second-order valence-electron chi connectivity index (χ2n) is 6.71. The second kappa shape index (κ2) is 7.70. The summed E-state index contributed by atoms with van der Waals surface area (Å²) in [6.45, 7) is 5.57. The molecule has 0 unspecified atom stereocenters. The first-order valence-electron chi connectivity index (χ1n) is 8.07. The Morgan fingerprint density at radius 2 is 1.64 bits per heavy atom. The van der Waals surface area contributed by atoms with Crippen LogP contribution in [0.5, 0.6) is 5.75 Å². The number of hydrogen-bond acceptors (Lipinski definition) is 4. The third kappa shape index (κ3) is 5.60. The van der Waals surface area contributed by atoms with Gasteiger partial charge in [-0.05, 0) is 36.2 Å². The molecule has 0 aliphatic rings. The van der Waals surface area contributed by atoms with E-state index >= 15 is 0 Å². The summed E-state index contributed by atoms with van der Waals surface area (Å²) in [5, 5.41) is 11.8. The average Bonchev–Trinajstić information content (AvgIpc) is 2.56. The van der Waals surface area contributed by atoms with E-state index < -0.39 is 15.7 Å². The summed E-state index contributed by atoms with van der Waals surface area (Å²) in [6, 6.07) is 14.9. The molecule has 0 spiro atoms. The van der Waals surface area contributed by atoms with Gasteiger partial charge in [0.15, 0.2) is 11.8 Å². The Bertz CT molecular complexity index is 820. The lowest BCUT2D eigenvalue weighted by Gasteiger charge is -2.18. The lowest BCUT2D eigenvalue weighted by Crippen LogP contribution is -2.29. The molecule has 0 aromatic heterocycles. The molecule has 0 aliphatic carbocycles. The number of hydrogen-bond donors (Lipinski definition) is 0. The van der Waals surface area contributed by atoms with Gasteiger partial charge in [0, 0.05) is 27.2 Å². The molecule has 6 heteroatoms. The van der Waals surface area contributed by atoms with Crippen LogP contribution in [0.25, 0.3) is 0 Å². The van der Waals surface area contributed by atoms with E-state index in [1.54, 1.807) is 48.7 Å². The smallest absolute Gasteiger partial charge is 0.339 e. The predicted molar refractivity (Wildman–Crippen MR) is 98.5 cm³/mol. The third-order valence-electron chi connectivity index (χ3n) is 3.55. The Hall–Kier alpha value is -2.34. The monoisotopic (exact) mass is 361 g/mol. The molecule has 0 N–H and O–H groups in total. The van der Waals surface area contributed by atoms with Crippen molar-refractivity contribution in [3.8, 4) is 5.75 Å². The average molecular weight is 361 g/mol. The molecule has 0 atom stereocenters. The number of aryl methyl sites for hydroxylation is 1. The van der Waals surface area contributed by atoms with Gasteiger partial charge in [0.1, 0.15) is 10.6 Å². The van der Waals surface area contributed by atoms with Gasteiger partial charge in [0.25, 0.3) is 0 Å². The Morgan fingerprint density at radius 3 is 2.20 bits per heavy atom. The van der Waals surface area contributed by atoms with E-state index in [-0.39, 0.29) is 10.6 Å². The van der Waals surface area contributed by atoms with Crippen LogP contribution in [0.1, 0.15) is 32.8 Å². The van der Waals surface area contributed by atoms with E-state index in [1.165, 1.54) is 12.1 Å². The topological polar surface area (TPSA) is 69.4 Å². The van der Waals surface area contributed by atoms with Crippen molar-refractivity contribution >= 4 is 16.3 Å². The molecular weight excluding hydrogens is 338 g/mol. The van der Waals surface area contributed by atoms with Crippen LogP contribution in [-0.4, -0.2) is 24.9 Å². The minimum Gasteiger partial charge on any atom is -0.624 e. The van der Waals surface area contributed by atoms with Gasteiger partial charge in [-0.15, -0.1) is 0 Å². The maximum atomic E-state index is 12.2. The molecule has 2 aromatic rings. The number of hydroxylamine groups is 1. The summed E-state index contributed by atoms with van der Waals surface area (Å²) in [5.41, 5.74) is 0.562. The SMILES string of the molecule is CC(C)(C)/[N+]([O-])=C\CCc1ccc(OS(=O)(=O)c2ccccc2)cc1. The highest BCUT2D eigenvalue weighted by Gasteiger charge is 2.17. The van der Waals surface area contributed by atoms with Crippen molar-refractivity contribution in [2.24, 2.45) is 0 Å². The van der Waals surface area contributed by atoms with Crippen molar-refractivity contribution in [3.63, 3.8) is 0 Å². The number of benzene rings is 2. The molecule has 0 saturated heterocycles. The van der Waals surface area contributed by atoms with Crippen LogP contribution in [0.3, 0.4) is 0 Å². The Labute approximate surface area is 149 Å². The molecule has 0 amide bonds. The molecule has 5 nitrogen and oxygen atoms in total. The van der Waals surface area contributed by atoms with Gasteiger partial charge >= 0.3 is 10.1 Å². The summed E-state index contributed by atoms with van der Waals surface area (Å²) in [4.78, 5) is 0.117. The maximum absolute atomic E-state index is 12.2. The van der Waals surface area contributed by atoms with Gasteiger partial charge in [-0.25, -0.2) is 4.74 Å². The van der Waals surface area contributed by atoms with E-state index in [0.717, 1.165) is 10.3 Å². The Kier molecular flexibility index (Phi) is 5.85. The zero-order valence-electron chi connectivity index (χ0n) is 14.7. The van der Waals surface area contributed by atoms with E-state index in [9.17, 15) is 13.6 Å². The quantitative estimate of drug-likeness (QED) is 0.258. The summed E-state index contributed by atoms with van der Waals surface area (Å²) < 4.78 is 30.4. The van der Waals surface area contributed by atoms with Crippen molar-refractivity contribution in [1.29, 1.82) is 0 Å². The van der Waals surface area contributed by atoms with Gasteiger partial charge in [-0.2, -0.15) is 8.42 Å². The fourth-order valence-electron chi connectivity index (χ4n) is 2.10. The molecule has 0 bridgehead atoms. The zero-order chi connectivity index (χ0) is 18.5. The van der Waals surface area contributed by atoms with Crippen LogP contribution < -0.4 is 4.18 Å². The van der Waals surface area contributed by atoms with Crippen molar-refractivity contribution < 1.29 is 17.3 Å². The highest BCUT2D eigenvalue weighted by Crippen LogP contribution is 2.19. The van der Waals surface area contributed by atoms with E-state index in [2.05, 4.69) is 0 Å². The van der Waals surface area contributed by atoms with E-state index in [4.69, 9.17) is 4.18 Å². The van der Waals surface area contributed by atoms with Gasteiger partial charge in [-0.3, -0.25) is 0 Å². The predicted octanol–water partition coefficient (Wildman–Crippen LogP) is 3.77. The van der Waals surface area contributed by atoms with Crippen molar-refractivity contribution in [1.82, 2.24) is 0 Å². The van der Waals surface area contributed by atoms with Crippen LogP contribution in [0.15, 0.2) is 59.5 Å². The van der Waals surface area contributed by atoms with Crippen molar-refractivity contribution in [2.45, 2.75) is 44.0 Å². The molecule has 134 valence electrons. The molecule has 25 heavy (non-hydrogen) atoms. The lowest BCUT2D eigenvalue weighted by atomic mass is 10.1. The van der Waals surface area contributed by atoms with E-state index in [0.29, 0.717) is 12.8 Å². The highest BCUT2D eigenvalue weighted by molar-refractivity contribution is 7.87. The number of rotatable bonds is 6. The van der Waals surface area contributed by atoms with Gasteiger partial charge in [-0.1, -0.05) is 30.3 Å². The van der Waals surface area contributed by atoms with Crippen LogP contribution in [-0.2, 0) is 16.5 Å². The van der Waals surface area contributed by atoms with Gasteiger partial charge in [0.2, 0.25) is 0 Å². The summed E-state index contributed by atoms with van der Waals surface area (Å²) in [7, 11) is -3.82. The molecule has 2 rings (SSSR count). The van der Waals surface area contributed by atoms with Crippen molar-refractivity contribution in [3.05, 3.63) is 65.4 Å². The first-order chi connectivity index (χ1) is 11.7. The zero-order valence-corrected chi connectivity index (χ0v) is 15.5. The lowest BCUT2D eigenvalue weighted by molar-refractivity contribution is -0.532. The van der Waals surface area contributed by atoms with Crippen LogP contribution >= 0.6 is 0 Å². The fraction of sp³-hybridized carbons (Fsp3) is 0.316. The van der Waals surface area contributed by atoms with Crippen LogP contribution in [0, 0.1) is 5.21 Å². The molecular formula is C19H23NO4S. The third-order valence-corrected chi connectivity index (χ3v) is 4.81. The highest BCUT2D eigenvalue weighted by atomic mass is 32.2. The summed E-state index contributed by atoms with van der Waals surface area (Å²) in [5.74, 6) is 0.261. The Morgan fingerprint density at radius 1 is 1.04 bits per heavy atom. The molecule has 2 aromatic carbocycles. The Balaban J connectivity index is 1.99. The largest absolute Gasteiger partial charge is 0.624 e. The minimum atomic E-state index is -3.82. The molecule has 0 aliphatic heterocycles. The van der Waals surface area contributed by atoms with Crippen LogP contribution in [0.4, 0.5) is 0 Å². The standard InChI is InChI=1S/C19H23NO4S/c1-19(2,3)20(21)15-7-8-16-11-13-17(14-12-16)24-25(22,23)18-9-5-4-6-10-18/h4-6,9-15H,7-8H2,1-3H3/b20-15+.